The largest absolute Gasteiger partial charge is 0.462 e. The van der Waals surface area contributed by atoms with Crippen LogP contribution in [0.3, 0.4) is 0 Å². The Morgan fingerprint density at radius 3 is 2.67 bits per heavy atom. The minimum Gasteiger partial charge on any atom is -0.462 e. The van der Waals surface area contributed by atoms with E-state index in [4.69, 9.17) is 14.0 Å². The van der Waals surface area contributed by atoms with Gasteiger partial charge in [-0.1, -0.05) is 35.5 Å². The van der Waals surface area contributed by atoms with Crippen LogP contribution in [0.15, 0.2) is 34.9 Å². The van der Waals surface area contributed by atoms with E-state index in [1.165, 1.54) is 0 Å². The average molecular weight is 332 g/mol. The summed E-state index contributed by atoms with van der Waals surface area (Å²) in [5.74, 6) is -0.0759. The molecule has 0 unspecified atom stereocenters. The Hall–Kier alpha value is -2.83. The second-order valence-electron chi connectivity index (χ2n) is 5.02. The molecule has 0 fully saturated rings. The van der Waals surface area contributed by atoms with Crippen LogP contribution in [-0.2, 0) is 22.5 Å². The van der Waals surface area contributed by atoms with E-state index < -0.39 is 12.1 Å². The van der Waals surface area contributed by atoms with Gasteiger partial charge in [-0.25, -0.2) is 9.59 Å². The summed E-state index contributed by atoms with van der Waals surface area (Å²) in [5.41, 5.74) is 1.68. The lowest BCUT2D eigenvalue weighted by atomic mass is 10.1. The number of rotatable bonds is 7. The van der Waals surface area contributed by atoms with Gasteiger partial charge in [-0.15, -0.1) is 0 Å². The summed E-state index contributed by atoms with van der Waals surface area (Å²) < 4.78 is 15.1. The van der Waals surface area contributed by atoms with Crippen molar-refractivity contribution in [2.45, 2.75) is 26.9 Å². The summed E-state index contributed by atoms with van der Waals surface area (Å²) in [4.78, 5) is 23.5. The molecule has 0 spiro atoms. The van der Waals surface area contributed by atoms with Gasteiger partial charge in [0.15, 0.2) is 0 Å². The molecule has 2 rings (SSSR count). The molecule has 1 N–H and O–H groups in total. The highest BCUT2D eigenvalue weighted by atomic mass is 16.5. The maximum absolute atomic E-state index is 11.9. The van der Waals surface area contributed by atoms with Gasteiger partial charge in [-0.2, -0.15) is 0 Å². The van der Waals surface area contributed by atoms with Crippen molar-refractivity contribution in [3.05, 3.63) is 52.9 Å². The Labute approximate surface area is 139 Å². The molecular formula is C17H20N2O5. The molecule has 2 aromatic rings. The number of benzene rings is 1. The molecule has 24 heavy (non-hydrogen) atoms. The summed E-state index contributed by atoms with van der Waals surface area (Å²) in [6, 6.07) is 9.39. The van der Waals surface area contributed by atoms with Crippen molar-refractivity contribution in [1.82, 2.24) is 10.5 Å². The Balaban J connectivity index is 1.79. The normalized spacial score (nSPS) is 10.2. The molecule has 7 heteroatoms. The number of hydrogen-bond acceptors (Lipinski definition) is 6. The number of amides is 1. The first-order valence-electron chi connectivity index (χ1n) is 7.68. The van der Waals surface area contributed by atoms with Crippen molar-refractivity contribution in [2.24, 2.45) is 0 Å². The lowest BCUT2D eigenvalue weighted by molar-refractivity contribution is 0.0523. The monoisotopic (exact) mass is 332 g/mol. The maximum Gasteiger partial charge on any atom is 0.407 e. The highest BCUT2D eigenvalue weighted by Gasteiger charge is 2.21. The number of ether oxygens (including phenoxy) is 2. The topological polar surface area (TPSA) is 90.7 Å². The van der Waals surface area contributed by atoms with Gasteiger partial charge in [0.25, 0.3) is 0 Å². The van der Waals surface area contributed by atoms with Crippen molar-refractivity contribution < 1.29 is 23.6 Å². The first-order valence-corrected chi connectivity index (χ1v) is 7.68. The molecule has 7 nitrogen and oxygen atoms in total. The molecule has 0 saturated carbocycles. The van der Waals surface area contributed by atoms with Gasteiger partial charge in [0.1, 0.15) is 23.6 Å². The third kappa shape index (κ3) is 4.84. The van der Waals surface area contributed by atoms with Crippen LogP contribution in [0.2, 0.25) is 0 Å². The molecule has 128 valence electrons. The van der Waals surface area contributed by atoms with Gasteiger partial charge in [0.2, 0.25) is 0 Å². The predicted octanol–water partition coefficient (Wildman–Crippen LogP) is 2.63. The predicted molar refractivity (Wildman–Crippen MR) is 85.5 cm³/mol. The number of esters is 1. The number of nitrogens with zero attached hydrogens (tertiary/aromatic N) is 1. The Morgan fingerprint density at radius 1 is 1.21 bits per heavy atom. The maximum atomic E-state index is 11.9. The SMILES string of the molecule is CCOC(=O)c1c(CCNC(=O)OCc2ccccc2)noc1C. The van der Waals surface area contributed by atoms with Crippen LogP contribution in [0, 0.1) is 6.92 Å². The number of carbonyl (C=O) groups is 2. The van der Waals surface area contributed by atoms with Crippen LogP contribution in [0.5, 0.6) is 0 Å². The first-order chi connectivity index (χ1) is 11.6. The molecule has 0 bridgehead atoms. The fourth-order valence-corrected chi connectivity index (χ4v) is 2.11. The van der Waals surface area contributed by atoms with Crippen molar-refractivity contribution in [3.8, 4) is 0 Å². The van der Waals surface area contributed by atoms with E-state index in [1.807, 2.05) is 30.3 Å². The minimum atomic E-state index is -0.531. The Bertz CT molecular complexity index is 682. The zero-order valence-electron chi connectivity index (χ0n) is 13.7. The average Bonchev–Trinajstić information content (AvgIpc) is 2.95. The summed E-state index contributed by atoms with van der Waals surface area (Å²) in [5, 5.41) is 6.46. The summed E-state index contributed by atoms with van der Waals surface area (Å²) >= 11 is 0. The first kappa shape index (κ1) is 17.5. The van der Waals surface area contributed by atoms with E-state index in [0.29, 0.717) is 23.4 Å². The molecule has 0 aliphatic heterocycles. The van der Waals surface area contributed by atoms with E-state index in [9.17, 15) is 9.59 Å². The molecule has 0 atom stereocenters. The number of aromatic nitrogens is 1. The van der Waals surface area contributed by atoms with Crippen LogP contribution < -0.4 is 5.32 Å². The fourth-order valence-electron chi connectivity index (χ4n) is 2.11. The molecule has 0 saturated heterocycles. The van der Waals surface area contributed by atoms with Gasteiger partial charge >= 0.3 is 12.1 Å². The summed E-state index contributed by atoms with van der Waals surface area (Å²) in [6.45, 7) is 4.11. The van der Waals surface area contributed by atoms with Crippen LogP contribution in [-0.4, -0.2) is 30.4 Å². The lowest BCUT2D eigenvalue weighted by Crippen LogP contribution is -2.26. The van der Waals surface area contributed by atoms with Gasteiger partial charge in [0.05, 0.1) is 6.61 Å². The van der Waals surface area contributed by atoms with Crippen molar-refractivity contribution in [1.29, 1.82) is 0 Å². The fraction of sp³-hybridized carbons (Fsp3) is 0.353. The molecule has 1 heterocycles. The molecule has 1 aromatic carbocycles. The van der Waals surface area contributed by atoms with Crippen LogP contribution in [0.25, 0.3) is 0 Å². The third-order valence-electron chi connectivity index (χ3n) is 3.26. The molecule has 0 radical (unpaired) electrons. The van der Waals surface area contributed by atoms with E-state index in [2.05, 4.69) is 10.5 Å². The Kier molecular flexibility index (Phi) is 6.36. The number of carbonyl (C=O) groups excluding carboxylic acids is 2. The number of aryl methyl sites for hydroxylation is 1. The van der Waals surface area contributed by atoms with E-state index in [-0.39, 0.29) is 19.8 Å². The van der Waals surface area contributed by atoms with Gasteiger partial charge < -0.3 is 19.3 Å². The third-order valence-corrected chi connectivity index (χ3v) is 3.26. The van der Waals surface area contributed by atoms with Gasteiger partial charge in [-0.3, -0.25) is 0 Å². The lowest BCUT2D eigenvalue weighted by Gasteiger charge is -2.07. The van der Waals surface area contributed by atoms with Gasteiger partial charge in [-0.05, 0) is 19.4 Å². The summed E-state index contributed by atoms with van der Waals surface area (Å²) in [6.07, 6.45) is -0.192. The quantitative estimate of drug-likeness (QED) is 0.784. The highest BCUT2D eigenvalue weighted by molar-refractivity contribution is 5.91. The van der Waals surface area contributed by atoms with E-state index >= 15 is 0 Å². The standard InChI is InChI=1S/C17H20N2O5/c1-3-22-16(20)15-12(2)24-19-14(15)9-10-18-17(21)23-11-13-7-5-4-6-8-13/h4-8H,3,9-11H2,1-2H3,(H,18,21). The van der Waals surface area contributed by atoms with Crippen LogP contribution >= 0.6 is 0 Å². The second kappa shape index (κ2) is 8.71. The summed E-state index contributed by atoms with van der Waals surface area (Å²) in [7, 11) is 0. The van der Waals surface area contributed by atoms with Crippen LogP contribution in [0.1, 0.15) is 34.3 Å². The molecule has 0 aliphatic rings. The smallest absolute Gasteiger partial charge is 0.407 e. The van der Waals surface area contributed by atoms with E-state index in [1.54, 1.807) is 13.8 Å². The number of nitrogens with one attached hydrogen (secondary N) is 1. The highest BCUT2D eigenvalue weighted by Crippen LogP contribution is 2.15. The second-order valence-corrected chi connectivity index (χ2v) is 5.02. The van der Waals surface area contributed by atoms with Crippen molar-refractivity contribution in [3.63, 3.8) is 0 Å². The Morgan fingerprint density at radius 2 is 1.96 bits per heavy atom. The molecule has 1 amide bonds. The van der Waals surface area contributed by atoms with Gasteiger partial charge in [0, 0.05) is 13.0 Å². The minimum absolute atomic E-state index is 0.198. The molecular weight excluding hydrogens is 312 g/mol. The van der Waals surface area contributed by atoms with Crippen molar-refractivity contribution in [2.75, 3.05) is 13.2 Å². The van der Waals surface area contributed by atoms with Crippen LogP contribution in [0.4, 0.5) is 4.79 Å². The molecule has 0 aliphatic carbocycles. The molecule has 1 aromatic heterocycles. The zero-order chi connectivity index (χ0) is 17.4. The van der Waals surface area contributed by atoms with Crippen molar-refractivity contribution >= 4 is 12.1 Å². The number of alkyl carbamates (subject to hydrolysis) is 1. The zero-order valence-corrected chi connectivity index (χ0v) is 13.7. The number of hydrogen-bond donors (Lipinski definition) is 1. The van der Waals surface area contributed by atoms with E-state index in [0.717, 1.165) is 5.56 Å².